The van der Waals surface area contributed by atoms with E-state index in [9.17, 15) is 9.59 Å². The van der Waals surface area contributed by atoms with E-state index in [0.717, 1.165) is 6.42 Å². The molecule has 72 valence electrons. The predicted octanol–water partition coefficient (Wildman–Crippen LogP) is 0.588. The number of rotatable bonds is 3. The minimum atomic E-state index is -0.352. The number of β-lactam (4-membered cyclic amide) rings is 1. The van der Waals surface area contributed by atoms with Crippen molar-refractivity contribution in [2.75, 3.05) is 0 Å². The van der Waals surface area contributed by atoms with E-state index in [0.29, 0.717) is 0 Å². The summed E-state index contributed by atoms with van der Waals surface area (Å²) >= 11 is 0. The summed E-state index contributed by atoms with van der Waals surface area (Å²) in [5.74, 6) is -0.248. The molecule has 0 radical (unpaired) electrons. The number of ether oxygens (including phenoxy) is 1. The Morgan fingerprint density at radius 3 is 2.85 bits per heavy atom. The summed E-state index contributed by atoms with van der Waals surface area (Å²) in [4.78, 5) is 21.3. The molecule has 1 aliphatic heterocycles. The van der Waals surface area contributed by atoms with Crippen molar-refractivity contribution in [1.82, 2.24) is 5.32 Å². The van der Waals surface area contributed by atoms with E-state index in [1.807, 2.05) is 6.92 Å². The third-order valence-corrected chi connectivity index (χ3v) is 2.04. The van der Waals surface area contributed by atoms with Gasteiger partial charge in [-0.3, -0.25) is 9.59 Å². The average molecular weight is 183 g/mol. The largest absolute Gasteiger partial charge is 0.435 e. The zero-order chi connectivity index (χ0) is 9.84. The number of esters is 1. The van der Waals surface area contributed by atoms with Crippen LogP contribution >= 0.6 is 0 Å². The molecule has 0 saturated carbocycles. The van der Waals surface area contributed by atoms with Gasteiger partial charge in [0.1, 0.15) is 0 Å². The molecule has 1 N–H and O–H groups in total. The topological polar surface area (TPSA) is 55.4 Å². The smallest absolute Gasteiger partial charge is 0.307 e. The summed E-state index contributed by atoms with van der Waals surface area (Å²) in [6.07, 6.45) is 3.83. The SMILES string of the molecule is CCC1C(=O)NC1/C=C/OC(C)=O. The normalized spacial score (nSPS) is 26.8. The van der Waals surface area contributed by atoms with Gasteiger partial charge in [0.2, 0.25) is 5.91 Å². The Kier molecular flexibility index (Phi) is 3.06. The maximum Gasteiger partial charge on any atom is 0.307 e. The van der Waals surface area contributed by atoms with Crippen molar-refractivity contribution in [2.45, 2.75) is 26.3 Å². The fraction of sp³-hybridized carbons (Fsp3) is 0.556. The molecule has 1 aliphatic rings. The van der Waals surface area contributed by atoms with E-state index in [1.54, 1.807) is 6.08 Å². The van der Waals surface area contributed by atoms with Gasteiger partial charge in [0.25, 0.3) is 0 Å². The fourth-order valence-electron chi connectivity index (χ4n) is 1.28. The summed E-state index contributed by atoms with van der Waals surface area (Å²) in [5.41, 5.74) is 0. The van der Waals surface area contributed by atoms with Gasteiger partial charge in [0, 0.05) is 6.92 Å². The van der Waals surface area contributed by atoms with Crippen LogP contribution in [0.25, 0.3) is 0 Å². The second kappa shape index (κ2) is 4.07. The molecule has 0 aromatic carbocycles. The molecule has 0 aromatic rings. The fourth-order valence-corrected chi connectivity index (χ4v) is 1.28. The van der Waals surface area contributed by atoms with Gasteiger partial charge >= 0.3 is 5.97 Å². The molecule has 2 unspecified atom stereocenters. The molecule has 4 heteroatoms. The van der Waals surface area contributed by atoms with Crippen LogP contribution in [0.5, 0.6) is 0 Å². The molecule has 1 rings (SSSR count). The number of amides is 1. The van der Waals surface area contributed by atoms with E-state index in [-0.39, 0.29) is 23.8 Å². The molecule has 4 nitrogen and oxygen atoms in total. The second-order valence-corrected chi connectivity index (χ2v) is 2.99. The Balaban J connectivity index is 2.34. The summed E-state index contributed by atoms with van der Waals surface area (Å²) in [6.45, 7) is 3.29. The highest BCUT2D eigenvalue weighted by molar-refractivity contribution is 5.86. The molecule has 1 fully saturated rings. The van der Waals surface area contributed by atoms with Gasteiger partial charge in [-0.15, -0.1) is 0 Å². The first-order valence-electron chi connectivity index (χ1n) is 4.29. The van der Waals surface area contributed by atoms with E-state index in [4.69, 9.17) is 0 Å². The third kappa shape index (κ3) is 2.31. The highest BCUT2D eigenvalue weighted by Gasteiger charge is 2.35. The first-order valence-corrected chi connectivity index (χ1v) is 4.29. The lowest BCUT2D eigenvalue weighted by molar-refractivity contribution is -0.135. The van der Waals surface area contributed by atoms with Gasteiger partial charge in [-0.05, 0) is 12.5 Å². The van der Waals surface area contributed by atoms with Crippen LogP contribution in [0.3, 0.4) is 0 Å². The van der Waals surface area contributed by atoms with Crippen LogP contribution < -0.4 is 5.32 Å². The quantitative estimate of drug-likeness (QED) is 0.396. The van der Waals surface area contributed by atoms with Gasteiger partial charge in [0.05, 0.1) is 18.2 Å². The van der Waals surface area contributed by atoms with Crippen LogP contribution in [0.4, 0.5) is 0 Å². The summed E-state index contributed by atoms with van der Waals surface area (Å²) in [6, 6.07) is 0.0249. The molecule has 0 bridgehead atoms. The standard InChI is InChI=1S/C9H13NO3/c1-3-7-8(10-9(7)12)4-5-13-6(2)11/h4-5,7-8H,3H2,1-2H3,(H,10,12)/b5-4+. The van der Waals surface area contributed by atoms with Crippen LogP contribution in [-0.4, -0.2) is 17.9 Å². The Hall–Kier alpha value is -1.32. The predicted molar refractivity (Wildman–Crippen MR) is 46.6 cm³/mol. The van der Waals surface area contributed by atoms with E-state index in [2.05, 4.69) is 10.1 Å². The number of carbonyl (C=O) groups excluding carboxylic acids is 2. The number of hydrogen-bond donors (Lipinski definition) is 1. The van der Waals surface area contributed by atoms with Gasteiger partial charge in [-0.1, -0.05) is 6.92 Å². The minimum absolute atomic E-state index is 0.0249. The molecule has 1 heterocycles. The van der Waals surface area contributed by atoms with Crippen molar-refractivity contribution < 1.29 is 14.3 Å². The Morgan fingerprint density at radius 2 is 2.38 bits per heavy atom. The molecular formula is C9H13NO3. The van der Waals surface area contributed by atoms with Crippen LogP contribution in [0.15, 0.2) is 12.3 Å². The molecule has 0 aliphatic carbocycles. The van der Waals surface area contributed by atoms with E-state index in [1.165, 1.54) is 13.2 Å². The van der Waals surface area contributed by atoms with Crippen molar-refractivity contribution in [3.8, 4) is 0 Å². The van der Waals surface area contributed by atoms with Crippen LogP contribution in [0.2, 0.25) is 0 Å². The Labute approximate surface area is 76.9 Å². The molecule has 13 heavy (non-hydrogen) atoms. The number of hydrogen-bond acceptors (Lipinski definition) is 3. The zero-order valence-electron chi connectivity index (χ0n) is 7.74. The maximum atomic E-state index is 10.9. The Morgan fingerprint density at radius 1 is 1.69 bits per heavy atom. The highest BCUT2D eigenvalue weighted by Crippen LogP contribution is 2.19. The van der Waals surface area contributed by atoms with Gasteiger partial charge in [0.15, 0.2) is 0 Å². The summed E-state index contributed by atoms with van der Waals surface area (Å²) in [7, 11) is 0. The van der Waals surface area contributed by atoms with Crippen LogP contribution in [-0.2, 0) is 14.3 Å². The van der Waals surface area contributed by atoms with Crippen LogP contribution in [0, 0.1) is 5.92 Å². The lowest BCUT2D eigenvalue weighted by Crippen LogP contribution is -2.56. The second-order valence-electron chi connectivity index (χ2n) is 2.99. The first-order chi connectivity index (χ1) is 6.15. The highest BCUT2D eigenvalue weighted by atomic mass is 16.5. The molecular weight excluding hydrogens is 170 g/mol. The van der Waals surface area contributed by atoms with Crippen LogP contribution in [0.1, 0.15) is 20.3 Å². The van der Waals surface area contributed by atoms with Crippen molar-refractivity contribution >= 4 is 11.9 Å². The maximum absolute atomic E-state index is 10.9. The van der Waals surface area contributed by atoms with Gasteiger partial charge in [-0.25, -0.2) is 0 Å². The molecule has 2 atom stereocenters. The van der Waals surface area contributed by atoms with Crippen molar-refractivity contribution in [3.05, 3.63) is 12.3 Å². The van der Waals surface area contributed by atoms with Gasteiger partial charge < -0.3 is 10.1 Å². The minimum Gasteiger partial charge on any atom is -0.435 e. The van der Waals surface area contributed by atoms with Crippen molar-refractivity contribution in [3.63, 3.8) is 0 Å². The summed E-state index contributed by atoms with van der Waals surface area (Å²) in [5, 5.41) is 2.70. The van der Waals surface area contributed by atoms with Crippen molar-refractivity contribution in [2.24, 2.45) is 5.92 Å². The average Bonchev–Trinajstić information content (AvgIpc) is 2.02. The molecule has 0 aromatic heterocycles. The number of nitrogens with one attached hydrogen (secondary N) is 1. The van der Waals surface area contributed by atoms with E-state index < -0.39 is 0 Å². The van der Waals surface area contributed by atoms with Gasteiger partial charge in [-0.2, -0.15) is 0 Å². The summed E-state index contributed by atoms with van der Waals surface area (Å²) < 4.78 is 4.61. The Bertz CT molecular complexity index is 247. The zero-order valence-corrected chi connectivity index (χ0v) is 7.74. The lowest BCUT2D eigenvalue weighted by atomic mass is 9.88. The first kappa shape index (κ1) is 9.77. The van der Waals surface area contributed by atoms with E-state index >= 15 is 0 Å². The number of carbonyl (C=O) groups is 2. The third-order valence-electron chi connectivity index (χ3n) is 2.04. The monoisotopic (exact) mass is 183 g/mol. The molecule has 1 saturated heterocycles. The lowest BCUT2D eigenvalue weighted by Gasteiger charge is -2.33. The van der Waals surface area contributed by atoms with Crippen molar-refractivity contribution in [1.29, 1.82) is 0 Å². The molecule has 1 amide bonds. The molecule has 0 spiro atoms.